The Morgan fingerprint density at radius 3 is 2.55 bits per heavy atom. The van der Waals surface area contributed by atoms with Crippen LogP contribution < -0.4 is 5.32 Å². The van der Waals surface area contributed by atoms with Crippen LogP contribution in [0, 0.1) is 17.8 Å². The molecule has 4 rings (SSSR count). The molecule has 3 fully saturated rings. The number of carbonyl (C=O) groups is 1. The highest BCUT2D eigenvalue weighted by atomic mass is 16.7. The second-order valence-corrected chi connectivity index (χ2v) is 8.58. The summed E-state index contributed by atoms with van der Waals surface area (Å²) in [6, 6.07) is 7.23. The van der Waals surface area contributed by atoms with Gasteiger partial charge in [-0.25, -0.2) is 0 Å². The average Bonchev–Trinajstić information content (AvgIpc) is 3.48. The molecule has 1 amide bonds. The number of nitrogens with one attached hydrogen (secondary N) is 1. The van der Waals surface area contributed by atoms with Crippen molar-refractivity contribution < 1.29 is 29.2 Å². The third-order valence-electron chi connectivity index (χ3n) is 6.52. The van der Waals surface area contributed by atoms with Crippen molar-refractivity contribution in [2.24, 2.45) is 17.8 Å². The van der Waals surface area contributed by atoms with Gasteiger partial charge < -0.3 is 29.7 Å². The number of amides is 1. The molecule has 0 radical (unpaired) electrons. The Kier molecular flexibility index (Phi) is 6.22. The van der Waals surface area contributed by atoms with Crippen LogP contribution >= 0.6 is 0 Å². The fourth-order valence-corrected chi connectivity index (χ4v) is 4.90. The predicted molar refractivity (Wildman–Crippen MR) is 105 cm³/mol. The molecular weight excluding hydrogens is 374 g/mol. The van der Waals surface area contributed by atoms with E-state index < -0.39 is 18.3 Å². The van der Waals surface area contributed by atoms with E-state index in [0.717, 1.165) is 24.0 Å². The summed E-state index contributed by atoms with van der Waals surface area (Å²) in [6.45, 7) is 4.85. The molecule has 0 aliphatic carbocycles. The van der Waals surface area contributed by atoms with Crippen molar-refractivity contribution in [2.75, 3.05) is 19.8 Å². The minimum absolute atomic E-state index is 0.114. The van der Waals surface area contributed by atoms with Gasteiger partial charge >= 0.3 is 0 Å². The molecule has 2 unspecified atom stereocenters. The Hall–Kier alpha value is -1.51. The third kappa shape index (κ3) is 3.94. The maximum Gasteiger partial charge on any atom is 0.226 e. The maximum absolute atomic E-state index is 13.1. The van der Waals surface area contributed by atoms with E-state index in [9.17, 15) is 15.0 Å². The number of hydrogen-bond acceptors (Lipinski definition) is 6. The van der Waals surface area contributed by atoms with Gasteiger partial charge in [-0.3, -0.25) is 4.79 Å². The first kappa shape index (κ1) is 20.8. The first-order chi connectivity index (χ1) is 14.0. The van der Waals surface area contributed by atoms with Crippen molar-refractivity contribution in [3.63, 3.8) is 0 Å². The average molecular weight is 405 g/mol. The molecule has 0 spiro atoms. The van der Waals surface area contributed by atoms with Crippen molar-refractivity contribution in [1.82, 2.24) is 5.32 Å². The van der Waals surface area contributed by atoms with E-state index in [0.29, 0.717) is 13.2 Å². The number of ether oxygens (including phenoxy) is 3. The predicted octanol–water partition coefficient (Wildman–Crippen LogP) is 1.69. The number of fused-ring (bicyclic) bond motifs is 2. The lowest BCUT2D eigenvalue weighted by atomic mass is 9.73. The highest BCUT2D eigenvalue weighted by Gasteiger charge is 2.55. The lowest BCUT2D eigenvalue weighted by Gasteiger charge is -2.33. The van der Waals surface area contributed by atoms with Crippen LogP contribution in [0.25, 0.3) is 0 Å². The van der Waals surface area contributed by atoms with Gasteiger partial charge in [-0.05, 0) is 24.3 Å². The Bertz CT molecular complexity index is 719. The molecular formula is C22H31NO6. The van der Waals surface area contributed by atoms with Gasteiger partial charge in [-0.1, -0.05) is 38.1 Å². The van der Waals surface area contributed by atoms with E-state index in [2.05, 4.69) is 5.32 Å². The van der Waals surface area contributed by atoms with E-state index in [1.807, 2.05) is 38.1 Å². The molecule has 6 atom stereocenters. The zero-order chi connectivity index (χ0) is 20.5. The molecule has 1 aromatic rings. The first-order valence-electron chi connectivity index (χ1n) is 10.6. The third-order valence-corrected chi connectivity index (χ3v) is 6.52. The van der Waals surface area contributed by atoms with Crippen molar-refractivity contribution in [3.05, 3.63) is 35.4 Å². The molecule has 3 saturated heterocycles. The van der Waals surface area contributed by atoms with Crippen LogP contribution in [-0.2, 0) is 19.0 Å². The van der Waals surface area contributed by atoms with E-state index in [4.69, 9.17) is 14.2 Å². The molecule has 160 valence electrons. The quantitative estimate of drug-likeness (QED) is 0.639. The SMILES string of the molecule is CC(C)C(CO)NC(=O)[C@@H]1[C@H](C(O)c2ccccc2C2OCCO2)[C@H]2CC[C@@H]1O2. The summed E-state index contributed by atoms with van der Waals surface area (Å²) in [5.74, 6) is -0.832. The summed E-state index contributed by atoms with van der Waals surface area (Å²) in [7, 11) is 0. The second-order valence-electron chi connectivity index (χ2n) is 8.58. The van der Waals surface area contributed by atoms with Gasteiger partial charge in [-0.2, -0.15) is 0 Å². The molecule has 0 saturated carbocycles. The topological polar surface area (TPSA) is 97.3 Å². The van der Waals surface area contributed by atoms with Gasteiger partial charge in [0.25, 0.3) is 0 Å². The summed E-state index contributed by atoms with van der Waals surface area (Å²) >= 11 is 0. The van der Waals surface area contributed by atoms with Crippen molar-refractivity contribution in [3.8, 4) is 0 Å². The lowest BCUT2D eigenvalue weighted by molar-refractivity contribution is -0.130. The van der Waals surface area contributed by atoms with E-state index in [1.165, 1.54) is 0 Å². The van der Waals surface area contributed by atoms with Gasteiger partial charge in [0.05, 0.1) is 50.1 Å². The van der Waals surface area contributed by atoms with Crippen molar-refractivity contribution in [2.45, 2.75) is 57.3 Å². The van der Waals surface area contributed by atoms with Crippen LogP contribution in [0.2, 0.25) is 0 Å². The maximum atomic E-state index is 13.1. The fraction of sp³-hybridized carbons (Fsp3) is 0.682. The van der Waals surface area contributed by atoms with Crippen LogP contribution in [0.3, 0.4) is 0 Å². The van der Waals surface area contributed by atoms with Crippen molar-refractivity contribution in [1.29, 1.82) is 0 Å². The highest BCUT2D eigenvalue weighted by molar-refractivity contribution is 5.80. The molecule has 3 N–H and O–H groups in total. The Labute approximate surface area is 171 Å². The molecule has 0 aromatic heterocycles. The van der Waals surface area contributed by atoms with Gasteiger partial charge in [0.15, 0.2) is 6.29 Å². The number of benzene rings is 1. The standard InChI is InChI=1S/C22H31NO6/c1-12(2)15(11-24)23-21(26)19-17-8-7-16(29-17)18(19)20(25)13-5-3-4-6-14(13)22-27-9-10-28-22/h3-6,12,15-20,22,24-25H,7-11H2,1-2H3,(H,23,26)/t15?,16-,17+,18-,19+,20?/m1/s1. The number of aliphatic hydroxyl groups excluding tert-OH is 2. The van der Waals surface area contributed by atoms with Crippen LogP contribution in [0.15, 0.2) is 24.3 Å². The molecule has 1 aromatic carbocycles. The van der Waals surface area contributed by atoms with Gasteiger partial charge in [0.1, 0.15) is 0 Å². The smallest absolute Gasteiger partial charge is 0.226 e. The van der Waals surface area contributed by atoms with Crippen molar-refractivity contribution >= 4 is 5.91 Å². The molecule has 7 nitrogen and oxygen atoms in total. The molecule has 3 aliphatic heterocycles. The summed E-state index contributed by atoms with van der Waals surface area (Å²) in [5.41, 5.74) is 1.52. The summed E-state index contributed by atoms with van der Waals surface area (Å²) in [6.07, 6.45) is -0.0618. The van der Waals surface area contributed by atoms with Gasteiger partial charge in [-0.15, -0.1) is 0 Å². The summed E-state index contributed by atoms with van der Waals surface area (Å²) < 4.78 is 17.4. The van der Waals surface area contributed by atoms with E-state index >= 15 is 0 Å². The largest absolute Gasteiger partial charge is 0.394 e. The van der Waals surface area contributed by atoms with Crippen LogP contribution in [0.1, 0.15) is 50.2 Å². The second kappa shape index (κ2) is 8.70. The molecule has 2 bridgehead atoms. The van der Waals surface area contributed by atoms with E-state index in [-0.39, 0.29) is 42.6 Å². The van der Waals surface area contributed by atoms with Crippen LogP contribution in [-0.4, -0.2) is 54.2 Å². The Balaban J connectivity index is 1.59. The normalized spacial score (nSPS) is 31.3. The fourth-order valence-electron chi connectivity index (χ4n) is 4.90. The van der Waals surface area contributed by atoms with Crippen LogP contribution in [0.5, 0.6) is 0 Å². The molecule has 3 heterocycles. The number of hydrogen-bond donors (Lipinski definition) is 3. The summed E-state index contributed by atoms with van der Waals surface area (Å²) in [4.78, 5) is 13.1. The molecule has 3 aliphatic rings. The zero-order valence-electron chi connectivity index (χ0n) is 17.0. The van der Waals surface area contributed by atoms with E-state index in [1.54, 1.807) is 0 Å². The summed E-state index contributed by atoms with van der Waals surface area (Å²) in [5, 5.41) is 24.0. The van der Waals surface area contributed by atoms with Gasteiger partial charge in [0, 0.05) is 11.5 Å². The molecule has 7 heteroatoms. The van der Waals surface area contributed by atoms with Gasteiger partial charge in [0.2, 0.25) is 5.91 Å². The zero-order valence-corrected chi connectivity index (χ0v) is 17.0. The van der Waals surface area contributed by atoms with Crippen LogP contribution in [0.4, 0.5) is 0 Å². The minimum Gasteiger partial charge on any atom is -0.394 e. The first-order valence-corrected chi connectivity index (χ1v) is 10.6. The number of rotatable bonds is 7. The minimum atomic E-state index is -0.864. The monoisotopic (exact) mass is 405 g/mol. The Morgan fingerprint density at radius 2 is 1.86 bits per heavy atom. The number of aliphatic hydroxyl groups is 2. The Morgan fingerprint density at radius 1 is 1.17 bits per heavy atom. The lowest BCUT2D eigenvalue weighted by Crippen LogP contribution is -2.49. The number of carbonyl (C=O) groups excluding carboxylic acids is 1. The molecule has 29 heavy (non-hydrogen) atoms. The highest BCUT2D eigenvalue weighted by Crippen LogP contribution is 2.49.